The monoisotopic (exact) mass is 192 g/mol. The fraction of sp³-hybridized carbons (Fsp3) is 0.455. The molecule has 1 atom stereocenters. The first kappa shape index (κ1) is 9.49. The van der Waals surface area contributed by atoms with Crippen molar-refractivity contribution in [3.8, 4) is 5.75 Å². The van der Waals surface area contributed by atoms with E-state index in [1.807, 2.05) is 18.2 Å². The van der Waals surface area contributed by atoms with Gasteiger partial charge in [-0.2, -0.15) is 0 Å². The van der Waals surface area contributed by atoms with Crippen molar-refractivity contribution in [1.29, 1.82) is 0 Å². The fourth-order valence-corrected chi connectivity index (χ4v) is 1.89. The second-order valence-corrected chi connectivity index (χ2v) is 3.91. The Kier molecular flexibility index (Phi) is 2.70. The van der Waals surface area contributed by atoms with E-state index in [4.69, 9.17) is 5.73 Å². The number of likely N-dealkylation sites (tertiary alicyclic amines) is 1. The number of rotatable bonds is 2. The smallest absolute Gasteiger partial charge is 0.120 e. The van der Waals surface area contributed by atoms with Crippen molar-refractivity contribution < 1.29 is 5.11 Å². The molecule has 0 aromatic heterocycles. The Morgan fingerprint density at radius 1 is 1.43 bits per heavy atom. The maximum atomic E-state index is 9.58. The maximum absolute atomic E-state index is 9.58. The van der Waals surface area contributed by atoms with Gasteiger partial charge in [-0.25, -0.2) is 0 Å². The molecule has 0 spiro atoms. The summed E-state index contributed by atoms with van der Waals surface area (Å²) >= 11 is 0. The van der Waals surface area contributed by atoms with Crippen molar-refractivity contribution in [1.82, 2.24) is 4.90 Å². The molecule has 76 valence electrons. The molecule has 0 saturated carbocycles. The molecule has 3 heteroatoms. The molecule has 0 amide bonds. The molecule has 0 aliphatic carbocycles. The van der Waals surface area contributed by atoms with E-state index in [2.05, 4.69) is 4.90 Å². The van der Waals surface area contributed by atoms with Crippen LogP contribution < -0.4 is 5.73 Å². The molecule has 1 heterocycles. The molecule has 3 N–H and O–H groups in total. The van der Waals surface area contributed by atoms with Gasteiger partial charge in [-0.3, -0.25) is 4.90 Å². The topological polar surface area (TPSA) is 49.5 Å². The van der Waals surface area contributed by atoms with Gasteiger partial charge in [0.2, 0.25) is 0 Å². The Labute approximate surface area is 84.1 Å². The van der Waals surface area contributed by atoms with Crippen LogP contribution in [-0.2, 0) is 6.54 Å². The van der Waals surface area contributed by atoms with Gasteiger partial charge >= 0.3 is 0 Å². The Bertz CT molecular complexity index is 314. The lowest BCUT2D eigenvalue weighted by Crippen LogP contribution is -2.26. The highest BCUT2D eigenvalue weighted by Crippen LogP contribution is 2.19. The minimum atomic E-state index is 0.306. The van der Waals surface area contributed by atoms with Crippen LogP contribution in [0.15, 0.2) is 24.3 Å². The molecule has 0 unspecified atom stereocenters. The third kappa shape index (κ3) is 2.05. The first-order chi connectivity index (χ1) is 6.75. The molecular weight excluding hydrogens is 176 g/mol. The van der Waals surface area contributed by atoms with E-state index in [0.717, 1.165) is 31.6 Å². The van der Waals surface area contributed by atoms with Gasteiger partial charge in [0.05, 0.1) is 0 Å². The standard InChI is InChI=1S/C11H16N2O/c12-10-5-6-13(8-10)7-9-3-1-2-4-11(9)14/h1-4,10,14H,5-8,12H2/t10-/m1/s1. The zero-order valence-corrected chi connectivity index (χ0v) is 8.19. The number of benzene rings is 1. The van der Waals surface area contributed by atoms with Gasteiger partial charge in [0.25, 0.3) is 0 Å². The van der Waals surface area contributed by atoms with Crippen LogP contribution in [0.25, 0.3) is 0 Å². The van der Waals surface area contributed by atoms with Crippen LogP contribution in [0.5, 0.6) is 5.75 Å². The molecule has 1 fully saturated rings. The number of phenols is 1. The van der Waals surface area contributed by atoms with Crippen molar-refractivity contribution in [3.05, 3.63) is 29.8 Å². The Morgan fingerprint density at radius 2 is 2.21 bits per heavy atom. The fourth-order valence-electron chi connectivity index (χ4n) is 1.89. The minimum absolute atomic E-state index is 0.306. The number of aromatic hydroxyl groups is 1. The zero-order chi connectivity index (χ0) is 9.97. The molecule has 1 aliphatic heterocycles. The van der Waals surface area contributed by atoms with Crippen LogP contribution in [0, 0.1) is 0 Å². The molecule has 14 heavy (non-hydrogen) atoms. The maximum Gasteiger partial charge on any atom is 0.120 e. The van der Waals surface area contributed by atoms with Crippen LogP contribution in [0.4, 0.5) is 0 Å². The predicted octanol–water partition coefficient (Wildman–Crippen LogP) is 0.925. The van der Waals surface area contributed by atoms with E-state index in [1.54, 1.807) is 6.07 Å². The van der Waals surface area contributed by atoms with E-state index >= 15 is 0 Å². The molecule has 1 aromatic carbocycles. The second-order valence-electron chi connectivity index (χ2n) is 3.91. The molecule has 3 nitrogen and oxygen atoms in total. The van der Waals surface area contributed by atoms with Gasteiger partial charge in [-0.05, 0) is 12.5 Å². The second kappa shape index (κ2) is 3.98. The highest BCUT2D eigenvalue weighted by molar-refractivity contribution is 5.31. The first-order valence-electron chi connectivity index (χ1n) is 5.00. The van der Waals surface area contributed by atoms with Gasteiger partial charge in [-0.15, -0.1) is 0 Å². The van der Waals surface area contributed by atoms with E-state index in [-0.39, 0.29) is 0 Å². The third-order valence-electron chi connectivity index (χ3n) is 2.69. The summed E-state index contributed by atoms with van der Waals surface area (Å²) in [6.45, 7) is 2.78. The lowest BCUT2D eigenvalue weighted by atomic mass is 10.2. The summed E-state index contributed by atoms with van der Waals surface area (Å²) in [6.07, 6.45) is 1.06. The van der Waals surface area contributed by atoms with E-state index in [1.165, 1.54) is 0 Å². The quantitative estimate of drug-likeness (QED) is 0.732. The van der Waals surface area contributed by atoms with Crippen molar-refractivity contribution in [2.24, 2.45) is 5.73 Å². The molecule has 1 aromatic rings. The van der Waals surface area contributed by atoms with Gasteiger partial charge < -0.3 is 10.8 Å². The lowest BCUT2D eigenvalue weighted by Gasteiger charge is -2.15. The highest BCUT2D eigenvalue weighted by atomic mass is 16.3. The number of hydrogen-bond acceptors (Lipinski definition) is 3. The number of para-hydroxylation sites is 1. The summed E-state index contributed by atoms with van der Waals surface area (Å²) in [5, 5.41) is 9.58. The van der Waals surface area contributed by atoms with Crippen LogP contribution >= 0.6 is 0 Å². The molecule has 1 aliphatic rings. The Balaban J connectivity index is 2.01. The van der Waals surface area contributed by atoms with Gasteiger partial charge in [0, 0.05) is 31.2 Å². The summed E-state index contributed by atoms with van der Waals surface area (Å²) < 4.78 is 0. The van der Waals surface area contributed by atoms with Gasteiger partial charge in [0.15, 0.2) is 0 Å². The molecule has 0 bridgehead atoms. The Hall–Kier alpha value is -1.06. The summed E-state index contributed by atoms with van der Waals surface area (Å²) in [5.74, 6) is 0.382. The van der Waals surface area contributed by atoms with E-state index in [0.29, 0.717) is 11.8 Å². The SMILES string of the molecule is N[C@@H]1CCN(Cc2ccccc2O)C1. The average Bonchev–Trinajstić information content (AvgIpc) is 2.56. The largest absolute Gasteiger partial charge is 0.508 e. The lowest BCUT2D eigenvalue weighted by molar-refractivity contribution is 0.320. The van der Waals surface area contributed by atoms with Gasteiger partial charge in [-0.1, -0.05) is 18.2 Å². The van der Waals surface area contributed by atoms with Crippen molar-refractivity contribution >= 4 is 0 Å². The minimum Gasteiger partial charge on any atom is -0.508 e. The predicted molar refractivity (Wildman–Crippen MR) is 56.0 cm³/mol. The summed E-state index contributed by atoms with van der Waals surface area (Å²) in [4.78, 5) is 2.28. The molecule has 0 radical (unpaired) electrons. The highest BCUT2D eigenvalue weighted by Gasteiger charge is 2.19. The molecular formula is C11H16N2O. The van der Waals surface area contributed by atoms with Crippen molar-refractivity contribution in [2.75, 3.05) is 13.1 Å². The summed E-state index contributed by atoms with van der Waals surface area (Å²) in [6, 6.07) is 7.78. The number of phenolic OH excluding ortho intramolecular Hbond substituents is 1. The molecule has 1 saturated heterocycles. The van der Waals surface area contributed by atoms with E-state index in [9.17, 15) is 5.11 Å². The van der Waals surface area contributed by atoms with Crippen molar-refractivity contribution in [3.63, 3.8) is 0 Å². The summed E-state index contributed by atoms with van der Waals surface area (Å²) in [5.41, 5.74) is 6.80. The first-order valence-corrected chi connectivity index (χ1v) is 5.00. The van der Waals surface area contributed by atoms with Gasteiger partial charge in [0.1, 0.15) is 5.75 Å². The molecule has 2 rings (SSSR count). The average molecular weight is 192 g/mol. The number of nitrogens with zero attached hydrogens (tertiary/aromatic N) is 1. The normalized spacial score (nSPS) is 22.8. The summed E-state index contributed by atoms with van der Waals surface area (Å²) in [7, 11) is 0. The number of hydrogen-bond donors (Lipinski definition) is 2. The van der Waals surface area contributed by atoms with Crippen molar-refractivity contribution in [2.45, 2.75) is 19.0 Å². The van der Waals surface area contributed by atoms with Crippen LogP contribution in [0.1, 0.15) is 12.0 Å². The van der Waals surface area contributed by atoms with Crippen LogP contribution in [0.3, 0.4) is 0 Å². The number of nitrogens with two attached hydrogens (primary N) is 1. The Morgan fingerprint density at radius 3 is 2.86 bits per heavy atom. The van der Waals surface area contributed by atoms with Crippen LogP contribution in [0.2, 0.25) is 0 Å². The zero-order valence-electron chi connectivity index (χ0n) is 8.19. The van der Waals surface area contributed by atoms with Crippen LogP contribution in [-0.4, -0.2) is 29.1 Å². The third-order valence-corrected chi connectivity index (χ3v) is 2.69. The van der Waals surface area contributed by atoms with E-state index < -0.39 is 0 Å².